The fourth-order valence-corrected chi connectivity index (χ4v) is 1.63. The van der Waals surface area contributed by atoms with E-state index < -0.39 is 11.1 Å². The summed E-state index contributed by atoms with van der Waals surface area (Å²) in [6.45, 7) is 5.96. The second-order valence-electron chi connectivity index (χ2n) is 3.17. The molecule has 1 atom stereocenters. The second kappa shape index (κ2) is 6.27. The van der Waals surface area contributed by atoms with Gasteiger partial charge in [-0.05, 0) is 31.1 Å². The van der Waals surface area contributed by atoms with Gasteiger partial charge in [0.25, 0.3) is 11.1 Å². The minimum atomic E-state index is -1.58. The maximum atomic E-state index is 11.6. The second-order valence-corrected chi connectivity index (χ2v) is 4.26. The van der Waals surface area contributed by atoms with Crippen LogP contribution in [0.1, 0.15) is 19.4 Å². The Hall–Kier alpha value is -1.36. The van der Waals surface area contributed by atoms with E-state index in [9.17, 15) is 4.21 Å². The van der Waals surface area contributed by atoms with Crippen LogP contribution in [-0.2, 0) is 20.1 Å². The maximum Gasteiger partial charge on any atom is 0.265 e. The molecule has 0 N–H and O–H groups in total. The highest BCUT2D eigenvalue weighted by Crippen LogP contribution is 2.09. The van der Waals surface area contributed by atoms with E-state index in [0.29, 0.717) is 17.4 Å². The molecule has 0 radical (unpaired) electrons. The largest absolute Gasteiger partial charge is 0.479 e. The zero-order valence-corrected chi connectivity index (χ0v) is 10.4. The minimum Gasteiger partial charge on any atom is -0.479 e. The van der Waals surface area contributed by atoms with Crippen molar-refractivity contribution in [2.45, 2.75) is 25.7 Å². The molecule has 0 aliphatic heterocycles. The molecular formula is C11H15NO3S. The molecule has 0 fully saturated rings. The molecule has 0 aliphatic rings. The maximum absolute atomic E-state index is 11.6. The summed E-state index contributed by atoms with van der Waals surface area (Å²) < 4.78 is 21.4. The van der Waals surface area contributed by atoms with Gasteiger partial charge in [0.15, 0.2) is 0 Å². The molecule has 5 heteroatoms. The summed E-state index contributed by atoms with van der Waals surface area (Å²) in [5.74, 6) is 0.364. The van der Waals surface area contributed by atoms with Crippen molar-refractivity contribution in [1.82, 2.24) is 0 Å². The van der Waals surface area contributed by atoms with Crippen LogP contribution in [0.2, 0.25) is 0 Å². The Bertz CT molecular complexity index is 387. The molecule has 1 rings (SSSR count). The first kappa shape index (κ1) is 12.7. The number of hydrogen-bond donors (Lipinski definition) is 0. The molecular weight excluding hydrogens is 226 g/mol. The van der Waals surface area contributed by atoms with Crippen LogP contribution in [0.15, 0.2) is 34.3 Å². The van der Waals surface area contributed by atoms with E-state index in [1.165, 1.54) is 0 Å². The van der Waals surface area contributed by atoms with Gasteiger partial charge in [0.1, 0.15) is 0 Å². The number of nitrogens with zero attached hydrogens (tertiary/aromatic N) is 1. The van der Waals surface area contributed by atoms with Gasteiger partial charge < -0.3 is 4.74 Å². The van der Waals surface area contributed by atoms with Gasteiger partial charge in [-0.25, -0.2) is 4.21 Å². The summed E-state index contributed by atoms with van der Waals surface area (Å²) in [6.07, 6.45) is 0. The Kier molecular flexibility index (Phi) is 4.98. The highest BCUT2D eigenvalue weighted by molar-refractivity contribution is 7.80. The SMILES string of the molecule is CCO/C(C)=N/OS(=O)c1ccc(C)cc1. The molecule has 4 nitrogen and oxygen atoms in total. The smallest absolute Gasteiger partial charge is 0.265 e. The summed E-state index contributed by atoms with van der Waals surface area (Å²) in [5.41, 5.74) is 1.11. The minimum absolute atomic E-state index is 0.364. The molecule has 0 heterocycles. The average Bonchev–Trinajstić information content (AvgIpc) is 2.27. The summed E-state index contributed by atoms with van der Waals surface area (Å²) in [6, 6.07) is 7.24. The number of benzene rings is 1. The van der Waals surface area contributed by atoms with Gasteiger partial charge in [0.2, 0.25) is 5.90 Å². The lowest BCUT2D eigenvalue weighted by molar-refractivity contribution is 0.287. The third-order valence-corrected chi connectivity index (χ3v) is 2.67. The lowest BCUT2D eigenvalue weighted by Crippen LogP contribution is -2.01. The van der Waals surface area contributed by atoms with Crippen LogP contribution >= 0.6 is 0 Å². The van der Waals surface area contributed by atoms with E-state index in [1.807, 2.05) is 26.0 Å². The molecule has 0 spiro atoms. The summed E-state index contributed by atoms with van der Waals surface area (Å²) in [4.78, 5) is 0.582. The van der Waals surface area contributed by atoms with Crippen LogP contribution in [0, 0.1) is 6.92 Å². The van der Waals surface area contributed by atoms with Gasteiger partial charge in [0.05, 0.1) is 11.5 Å². The Balaban J connectivity index is 2.59. The fraction of sp³-hybridized carbons (Fsp3) is 0.364. The van der Waals surface area contributed by atoms with Crippen molar-refractivity contribution in [2.24, 2.45) is 5.16 Å². The van der Waals surface area contributed by atoms with Crippen molar-refractivity contribution in [2.75, 3.05) is 6.61 Å². The average molecular weight is 241 g/mol. The van der Waals surface area contributed by atoms with E-state index in [-0.39, 0.29) is 0 Å². The van der Waals surface area contributed by atoms with Crippen molar-refractivity contribution >= 4 is 17.0 Å². The summed E-state index contributed by atoms with van der Waals surface area (Å²) in [7, 11) is 0. The fourth-order valence-electron chi connectivity index (χ4n) is 1.01. The van der Waals surface area contributed by atoms with Gasteiger partial charge in [0, 0.05) is 6.92 Å². The first-order valence-corrected chi connectivity index (χ1v) is 6.04. The monoisotopic (exact) mass is 241 g/mol. The number of aryl methyl sites for hydroxylation is 1. The molecule has 0 amide bonds. The molecule has 1 unspecified atom stereocenters. The van der Waals surface area contributed by atoms with E-state index in [4.69, 9.17) is 9.02 Å². The van der Waals surface area contributed by atoms with Crippen LogP contribution in [0.3, 0.4) is 0 Å². The van der Waals surface area contributed by atoms with Crippen LogP contribution in [-0.4, -0.2) is 16.7 Å². The van der Waals surface area contributed by atoms with Crippen molar-refractivity contribution in [3.05, 3.63) is 29.8 Å². The predicted octanol–water partition coefficient (Wildman–Crippen LogP) is 2.40. The quantitative estimate of drug-likeness (QED) is 0.462. The van der Waals surface area contributed by atoms with E-state index in [2.05, 4.69) is 5.16 Å². The van der Waals surface area contributed by atoms with E-state index in [1.54, 1.807) is 19.1 Å². The van der Waals surface area contributed by atoms with E-state index >= 15 is 0 Å². The van der Waals surface area contributed by atoms with Gasteiger partial charge in [-0.1, -0.05) is 17.7 Å². The molecule has 16 heavy (non-hydrogen) atoms. The van der Waals surface area contributed by atoms with Crippen LogP contribution in [0.25, 0.3) is 0 Å². The van der Waals surface area contributed by atoms with Gasteiger partial charge >= 0.3 is 0 Å². The number of ether oxygens (including phenoxy) is 1. The molecule has 0 aromatic heterocycles. The Morgan fingerprint density at radius 3 is 2.56 bits per heavy atom. The van der Waals surface area contributed by atoms with Crippen LogP contribution in [0.4, 0.5) is 0 Å². The lowest BCUT2D eigenvalue weighted by Gasteiger charge is -2.02. The molecule has 0 aliphatic carbocycles. The van der Waals surface area contributed by atoms with Crippen molar-refractivity contribution in [1.29, 1.82) is 0 Å². The molecule has 0 saturated carbocycles. The third-order valence-electron chi connectivity index (χ3n) is 1.80. The predicted molar refractivity (Wildman–Crippen MR) is 63.4 cm³/mol. The molecule has 1 aromatic carbocycles. The summed E-state index contributed by atoms with van der Waals surface area (Å²) >= 11 is -1.58. The van der Waals surface area contributed by atoms with E-state index in [0.717, 1.165) is 5.56 Å². The molecule has 0 saturated heterocycles. The lowest BCUT2D eigenvalue weighted by atomic mass is 10.2. The van der Waals surface area contributed by atoms with Crippen molar-refractivity contribution in [3.63, 3.8) is 0 Å². The zero-order chi connectivity index (χ0) is 12.0. The normalized spacial score (nSPS) is 13.3. The number of hydrogen-bond acceptors (Lipinski definition) is 4. The Labute approximate surface area is 97.9 Å². The highest BCUT2D eigenvalue weighted by Gasteiger charge is 2.04. The Morgan fingerprint density at radius 1 is 1.38 bits per heavy atom. The van der Waals surface area contributed by atoms with Crippen LogP contribution < -0.4 is 0 Å². The molecule has 1 aromatic rings. The Morgan fingerprint density at radius 2 is 2.00 bits per heavy atom. The first-order chi connectivity index (χ1) is 7.63. The number of oxime groups is 1. The van der Waals surface area contributed by atoms with Crippen LogP contribution in [0.5, 0.6) is 0 Å². The number of rotatable bonds is 4. The van der Waals surface area contributed by atoms with Crippen molar-refractivity contribution < 1.29 is 13.2 Å². The first-order valence-electron chi connectivity index (χ1n) is 4.96. The standard InChI is InChI=1S/C11H15NO3S/c1-4-14-10(3)12-15-16(13)11-7-5-9(2)6-8-11/h5-8H,4H2,1-3H3/b12-10+. The van der Waals surface area contributed by atoms with Gasteiger partial charge in [-0.15, -0.1) is 0 Å². The summed E-state index contributed by atoms with van der Waals surface area (Å²) in [5, 5.41) is 3.61. The highest BCUT2D eigenvalue weighted by atomic mass is 32.2. The zero-order valence-electron chi connectivity index (χ0n) is 9.60. The topological polar surface area (TPSA) is 47.9 Å². The van der Waals surface area contributed by atoms with Crippen molar-refractivity contribution in [3.8, 4) is 0 Å². The molecule has 88 valence electrons. The van der Waals surface area contributed by atoms with Gasteiger partial charge in [-0.2, -0.15) is 0 Å². The van der Waals surface area contributed by atoms with Gasteiger partial charge in [-0.3, -0.25) is 4.28 Å². The molecule has 0 bridgehead atoms. The third kappa shape index (κ3) is 4.02.